The number of fused-ring (bicyclic) bond motifs is 5. The van der Waals surface area contributed by atoms with E-state index in [-0.39, 0.29) is 53.6 Å². The highest BCUT2D eigenvalue weighted by atomic mass is 33.1. The molecular formula is C40H50N2O5S2. The number of pyridine rings is 1. The van der Waals surface area contributed by atoms with Crippen molar-refractivity contribution < 1.29 is 24.2 Å². The van der Waals surface area contributed by atoms with Crippen LogP contribution in [0.1, 0.15) is 89.7 Å². The molecule has 0 radical (unpaired) electrons. The molecule has 1 heterocycles. The number of ether oxygens (including phenoxy) is 1. The van der Waals surface area contributed by atoms with Crippen LogP contribution in [0.15, 0.2) is 72.6 Å². The number of carboxylic acids is 1. The third-order valence-electron chi connectivity index (χ3n) is 11.9. The van der Waals surface area contributed by atoms with Gasteiger partial charge in [-0.2, -0.15) is 0 Å². The number of benzene rings is 1. The van der Waals surface area contributed by atoms with E-state index >= 15 is 0 Å². The Kier molecular flexibility index (Phi) is 11.3. The molecule has 9 heteroatoms. The van der Waals surface area contributed by atoms with E-state index in [0.717, 1.165) is 37.7 Å². The molecule has 2 aromatic rings. The molecule has 4 aliphatic rings. The van der Waals surface area contributed by atoms with Gasteiger partial charge in [0.15, 0.2) is 0 Å². The number of carbonyl (C=O) groups is 3. The summed E-state index contributed by atoms with van der Waals surface area (Å²) in [5, 5.41) is 9.31. The summed E-state index contributed by atoms with van der Waals surface area (Å²) < 4.78 is 6.03. The number of allylic oxidation sites excluding steroid dienone is 3. The molecule has 2 fully saturated rings. The van der Waals surface area contributed by atoms with Crippen LogP contribution < -0.4 is 0 Å². The maximum Gasteiger partial charge on any atom is 0.323 e. The maximum absolute atomic E-state index is 12.9. The molecule has 1 N–H and O–H groups in total. The first kappa shape index (κ1) is 35.8. The van der Waals surface area contributed by atoms with Gasteiger partial charge in [0, 0.05) is 42.8 Å². The molecule has 49 heavy (non-hydrogen) atoms. The molecule has 1 aromatic heterocycles. The zero-order chi connectivity index (χ0) is 34.6. The standard InChI is InChI=1S/C40H50N2O5S2/c1-27(22-36(43)42(26-37(44)45)25-28-8-5-4-6-9-28)49-48-21-17-38(46)47-31-15-18-39(2)30(23-31)11-12-32-34-14-13-33(29-10-7-20-41-24-29)40(34,3)19-16-35(32)39/h4-11,13,20,24,27,31-32,34-35H,12,14-19,21-23,25-26H2,1-3H3,(H,44,45)/t27?,31-,32-,34-,35-,39-,40+/m0/s1. The minimum absolute atomic E-state index is 0.0155. The average Bonchev–Trinajstić information content (AvgIpc) is 3.44. The summed E-state index contributed by atoms with van der Waals surface area (Å²) in [6.07, 6.45) is 17.0. The van der Waals surface area contributed by atoms with Crippen LogP contribution in [0.5, 0.6) is 0 Å². The fourth-order valence-electron chi connectivity index (χ4n) is 9.41. The highest BCUT2D eigenvalue weighted by Gasteiger charge is 2.57. The summed E-state index contributed by atoms with van der Waals surface area (Å²) in [5.74, 6) is 1.29. The topological polar surface area (TPSA) is 96.8 Å². The van der Waals surface area contributed by atoms with Gasteiger partial charge in [-0.1, -0.05) is 96.5 Å². The van der Waals surface area contributed by atoms with Crippen molar-refractivity contribution in [2.75, 3.05) is 12.3 Å². The Balaban J connectivity index is 0.944. The smallest absolute Gasteiger partial charge is 0.323 e. The van der Waals surface area contributed by atoms with Crippen molar-refractivity contribution in [1.82, 2.24) is 9.88 Å². The lowest BCUT2D eigenvalue weighted by Gasteiger charge is -2.57. The van der Waals surface area contributed by atoms with Crippen LogP contribution in [0.4, 0.5) is 0 Å². The molecule has 262 valence electrons. The Morgan fingerprint density at radius 1 is 1.02 bits per heavy atom. The van der Waals surface area contributed by atoms with E-state index in [4.69, 9.17) is 4.74 Å². The lowest BCUT2D eigenvalue weighted by Crippen LogP contribution is -2.50. The summed E-state index contributed by atoms with van der Waals surface area (Å²) in [4.78, 5) is 43.0. The van der Waals surface area contributed by atoms with Gasteiger partial charge in [-0.05, 0) is 89.9 Å². The summed E-state index contributed by atoms with van der Waals surface area (Å²) in [6, 6.07) is 13.7. The van der Waals surface area contributed by atoms with E-state index in [1.54, 1.807) is 21.6 Å². The average molecular weight is 703 g/mol. The molecule has 1 unspecified atom stereocenters. The number of amides is 1. The minimum atomic E-state index is -1.03. The number of hydrogen-bond acceptors (Lipinski definition) is 7. The number of esters is 1. The van der Waals surface area contributed by atoms with E-state index in [2.05, 4.69) is 43.1 Å². The monoisotopic (exact) mass is 702 g/mol. The number of aliphatic carboxylic acids is 1. The fraction of sp³-hybridized carbons (Fsp3) is 0.550. The first-order chi connectivity index (χ1) is 23.6. The van der Waals surface area contributed by atoms with Crippen molar-refractivity contribution in [3.63, 3.8) is 0 Å². The molecule has 6 rings (SSSR count). The first-order valence-corrected chi connectivity index (χ1v) is 20.3. The number of rotatable bonds is 13. The second kappa shape index (κ2) is 15.5. The van der Waals surface area contributed by atoms with E-state index in [1.807, 2.05) is 49.6 Å². The molecule has 7 nitrogen and oxygen atoms in total. The van der Waals surface area contributed by atoms with Crippen LogP contribution in [0.25, 0.3) is 5.57 Å². The third-order valence-corrected chi connectivity index (χ3v) is 14.8. The van der Waals surface area contributed by atoms with Crippen molar-refractivity contribution in [1.29, 1.82) is 0 Å². The van der Waals surface area contributed by atoms with Gasteiger partial charge >= 0.3 is 11.9 Å². The molecule has 7 atom stereocenters. The second-order valence-corrected chi connectivity index (χ2v) is 17.9. The highest BCUT2D eigenvalue weighted by Crippen LogP contribution is 2.66. The second-order valence-electron chi connectivity index (χ2n) is 15.0. The van der Waals surface area contributed by atoms with Gasteiger partial charge in [0.25, 0.3) is 0 Å². The Hall–Kier alpha value is -3.04. The maximum atomic E-state index is 12.9. The van der Waals surface area contributed by atoms with Gasteiger partial charge < -0.3 is 14.7 Å². The predicted octanol–water partition coefficient (Wildman–Crippen LogP) is 8.61. The van der Waals surface area contributed by atoms with Gasteiger partial charge in [0.05, 0.1) is 6.42 Å². The zero-order valence-corrected chi connectivity index (χ0v) is 30.6. The van der Waals surface area contributed by atoms with E-state index in [1.165, 1.54) is 34.5 Å². The molecule has 0 aliphatic heterocycles. The summed E-state index contributed by atoms with van der Waals surface area (Å²) in [6.45, 7) is 6.90. The van der Waals surface area contributed by atoms with Gasteiger partial charge in [-0.25, -0.2) is 0 Å². The Bertz CT molecular complexity index is 1560. The Morgan fingerprint density at radius 2 is 1.82 bits per heavy atom. The van der Waals surface area contributed by atoms with Crippen LogP contribution >= 0.6 is 21.6 Å². The fourth-order valence-corrected chi connectivity index (χ4v) is 11.6. The number of nitrogens with zero attached hydrogens (tertiary/aromatic N) is 2. The van der Waals surface area contributed by atoms with Crippen molar-refractivity contribution in [3.05, 3.63) is 83.7 Å². The third kappa shape index (κ3) is 7.98. The van der Waals surface area contributed by atoms with Crippen LogP contribution in [0.3, 0.4) is 0 Å². The molecule has 2 saturated carbocycles. The van der Waals surface area contributed by atoms with Crippen LogP contribution in [-0.4, -0.2) is 56.5 Å². The quantitative estimate of drug-likeness (QED) is 0.0960. The molecular weight excluding hydrogens is 653 g/mol. The lowest BCUT2D eigenvalue weighted by molar-refractivity contribution is -0.150. The van der Waals surface area contributed by atoms with Crippen LogP contribution in [-0.2, 0) is 25.7 Å². The van der Waals surface area contributed by atoms with Crippen molar-refractivity contribution in [3.8, 4) is 0 Å². The molecule has 1 amide bonds. The molecule has 1 aromatic carbocycles. The number of hydrogen-bond donors (Lipinski definition) is 1. The van der Waals surface area contributed by atoms with Gasteiger partial charge in [0.2, 0.25) is 5.91 Å². The molecule has 0 spiro atoms. The minimum Gasteiger partial charge on any atom is -0.480 e. The van der Waals surface area contributed by atoms with E-state index < -0.39 is 5.97 Å². The van der Waals surface area contributed by atoms with Gasteiger partial charge in [-0.3, -0.25) is 19.4 Å². The Labute approximate surface area is 299 Å². The van der Waals surface area contributed by atoms with Crippen LogP contribution in [0, 0.1) is 28.6 Å². The zero-order valence-electron chi connectivity index (χ0n) is 29.0. The van der Waals surface area contributed by atoms with Crippen molar-refractivity contribution >= 4 is 45.0 Å². The summed E-state index contributed by atoms with van der Waals surface area (Å²) in [5.41, 5.74) is 5.59. The van der Waals surface area contributed by atoms with Gasteiger partial charge in [-0.15, -0.1) is 0 Å². The molecule has 0 bridgehead atoms. The number of aromatic nitrogens is 1. The number of carboxylic acid groups (broad SMARTS) is 1. The predicted molar refractivity (Wildman–Crippen MR) is 197 cm³/mol. The van der Waals surface area contributed by atoms with Gasteiger partial charge in [0.1, 0.15) is 12.6 Å². The van der Waals surface area contributed by atoms with Crippen molar-refractivity contribution in [2.45, 2.75) is 96.5 Å². The lowest BCUT2D eigenvalue weighted by atomic mass is 9.47. The highest BCUT2D eigenvalue weighted by molar-refractivity contribution is 8.76. The molecule has 4 aliphatic carbocycles. The van der Waals surface area contributed by atoms with Crippen molar-refractivity contribution in [2.24, 2.45) is 28.6 Å². The molecule has 0 saturated heterocycles. The first-order valence-electron chi connectivity index (χ1n) is 17.9. The van der Waals surface area contributed by atoms with Crippen LogP contribution in [0.2, 0.25) is 0 Å². The van der Waals surface area contributed by atoms with E-state index in [0.29, 0.717) is 29.9 Å². The normalized spacial score (nSPS) is 29.4. The number of carbonyl (C=O) groups excluding carboxylic acids is 2. The van der Waals surface area contributed by atoms with E-state index in [9.17, 15) is 19.5 Å². The summed E-state index contributed by atoms with van der Waals surface area (Å²) in [7, 11) is 3.13. The summed E-state index contributed by atoms with van der Waals surface area (Å²) >= 11 is 0. The Morgan fingerprint density at radius 3 is 2.57 bits per heavy atom. The largest absolute Gasteiger partial charge is 0.480 e. The SMILES string of the molecule is CC(CC(=O)N(CC(=O)O)Cc1ccccc1)SSCCC(=O)O[C@H]1CC[C@@]2(C)C(=CC[C@@H]3[C@@H]2CC[C@]2(C)C(c4cccnc4)=CC[C@@H]32)C1.